The fourth-order valence-corrected chi connectivity index (χ4v) is 1.43. The number of aromatic nitrogens is 2. The predicted molar refractivity (Wildman–Crippen MR) is 53.3 cm³/mol. The third-order valence-electron chi connectivity index (χ3n) is 2.14. The lowest BCUT2D eigenvalue weighted by atomic mass is 10.1. The summed E-state index contributed by atoms with van der Waals surface area (Å²) in [5.41, 5.74) is 0.785. The number of nitro groups is 1. The van der Waals surface area contributed by atoms with Gasteiger partial charge >= 0.3 is 5.69 Å². The maximum absolute atomic E-state index is 10.9. The summed E-state index contributed by atoms with van der Waals surface area (Å²) in [6.45, 7) is 3.68. The number of nitrogens with zero attached hydrogens (tertiary/aromatic N) is 4. The van der Waals surface area contributed by atoms with Crippen molar-refractivity contribution in [2.75, 3.05) is 0 Å². The molecule has 0 bridgehead atoms. The highest BCUT2D eigenvalue weighted by atomic mass is 16.6. The van der Waals surface area contributed by atoms with Crippen LogP contribution in [0.15, 0.2) is 0 Å². The maximum Gasteiger partial charge on any atom is 0.314 e. The average Bonchev–Trinajstić information content (AvgIpc) is 2.45. The Kier molecular flexibility index (Phi) is 3.04. The van der Waals surface area contributed by atoms with Gasteiger partial charge in [-0.2, -0.15) is 10.4 Å². The second-order valence-electron chi connectivity index (χ2n) is 3.55. The number of hydrogen-bond acceptors (Lipinski definition) is 4. The molecule has 6 heteroatoms. The molecule has 0 radical (unpaired) electrons. The number of nitriles is 1. The van der Waals surface area contributed by atoms with Crippen LogP contribution in [-0.4, -0.2) is 14.7 Å². The highest BCUT2D eigenvalue weighted by Gasteiger charge is 2.27. The van der Waals surface area contributed by atoms with E-state index >= 15 is 0 Å². The van der Waals surface area contributed by atoms with Gasteiger partial charge in [-0.15, -0.1) is 0 Å². The normalized spacial score (nSPS) is 10.3. The Bertz CT molecular complexity index is 428. The molecule has 0 saturated carbocycles. The first-order valence-electron chi connectivity index (χ1n) is 4.56. The van der Waals surface area contributed by atoms with Gasteiger partial charge in [0, 0.05) is 13.0 Å². The molecule has 0 saturated heterocycles. The minimum Gasteiger partial charge on any atom is -0.264 e. The van der Waals surface area contributed by atoms with Crippen LogP contribution in [0.4, 0.5) is 5.69 Å². The van der Waals surface area contributed by atoms with Crippen molar-refractivity contribution in [3.63, 3.8) is 0 Å². The fraction of sp³-hybridized carbons (Fsp3) is 0.556. The molecule has 0 aliphatic rings. The highest BCUT2D eigenvalue weighted by Crippen LogP contribution is 2.28. The predicted octanol–water partition coefficient (Wildman–Crippen LogP) is 1.52. The molecule has 0 aliphatic carbocycles. The van der Waals surface area contributed by atoms with Gasteiger partial charge in [0.05, 0.1) is 17.4 Å². The summed E-state index contributed by atoms with van der Waals surface area (Å²) in [7, 11) is 1.62. The lowest BCUT2D eigenvalue weighted by molar-refractivity contribution is -0.386. The van der Waals surface area contributed by atoms with Crippen LogP contribution < -0.4 is 0 Å². The lowest BCUT2D eigenvalue weighted by Crippen LogP contribution is -1.99. The van der Waals surface area contributed by atoms with Gasteiger partial charge in [-0.05, 0) is 0 Å². The Balaban J connectivity index is 3.39. The summed E-state index contributed by atoms with van der Waals surface area (Å²) in [5.74, 6) is -0.0240. The molecule has 1 rings (SSSR count). The van der Waals surface area contributed by atoms with E-state index in [0.29, 0.717) is 11.4 Å². The molecule has 1 aromatic rings. The Morgan fingerprint density at radius 2 is 2.27 bits per heavy atom. The molecule has 0 aliphatic heterocycles. The quantitative estimate of drug-likeness (QED) is 0.556. The SMILES string of the molecule is CC(C)c1nn(C)c(CC#N)c1[N+](=O)[O-]. The van der Waals surface area contributed by atoms with E-state index in [4.69, 9.17) is 5.26 Å². The number of rotatable bonds is 3. The average molecular weight is 208 g/mol. The van der Waals surface area contributed by atoms with Crippen molar-refractivity contribution in [1.82, 2.24) is 9.78 Å². The van der Waals surface area contributed by atoms with Crippen LogP contribution in [0.2, 0.25) is 0 Å². The molecule has 15 heavy (non-hydrogen) atoms. The summed E-state index contributed by atoms with van der Waals surface area (Å²) in [6, 6.07) is 1.91. The molecular weight excluding hydrogens is 196 g/mol. The number of aryl methyl sites for hydroxylation is 1. The zero-order valence-electron chi connectivity index (χ0n) is 8.89. The molecule has 0 N–H and O–H groups in total. The third-order valence-corrected chi connectivity index (χ3v) is 2.14. The van der Waals surface area contributed by atoms with E-state index in [1.807, 2.05) is 19.9 Å². The van der Waals surface area contributed by atoms with Crippen molar-refractivity contribution >= 4 is 5.69 Å². The molecule has 6 nitrogen and oxygen atoms in total. The molecule has 0 amide bonds. The summed E-state index contributed by atoms with van der Waals surface area (Å²) in [5, 5.41) is 23.5. The van der Waals surface area contributed by atoms with Crippen LogP contribution in [0.1, 0.15) is 31.2 Å². The van der Waals surface area contributed by atoms with E-state index in [1.165, 1.54) is 4.68 Å². The molecule has 0 spiro atoms. The largest absolute Gasteiger partial charge is 0.314 e. The van der Waals surface area contributed by atoms with Crippen LogP contribution in [0.3, 0.4) is 0 Å². The van der Waals surface area contributed by atoms with Gasteiger partial charge in [0.1, 0.15) is 11.4 Å². The van der Waals surface area contributed by atoms with E-state index in [0.717, 1.165) is 0 Å². The smallest absolute Gasteiger partial charge is 0.264 e. The van der Waals surface area contributed by atoms with Crippen LogP contribution in [-0.2, 0) is 13.5 Å². The third kappa shape index (κ3) is 1.96. The molecule has 80 valence electrons. The highest BCUT2D eigenvalue weighted by molar-refractivity contribution is 5.44. The second kappa shape index (κ2) is 4.09. The van der Waals surface area contributed by atoms with Crippen molar-refractivity contribution in [3.05, 3.63) is 21.5 Å². The van der Waals surface area contributed by atoms with Crippen molar-refractivity contribution in [3.8, 4) is 6.07 Å². The summed E-state index contributed by atoms with van der Waals surface area (Å²) in [6.07, 6.45) is 0.00648. The first-order chi connectivity index (χ1) is 6.99. The fourth-order valence-electron chi connectivity index (χ4n) is 1.43. The lowest BCUT2D eigenvalue weighted by Gasteiger charge is -1.98. The summed E-state index contributed by atoms with van der Waals surface area (Å²) in [4.78, 5) is 10.4. The Labute approximate surface area is 87.3 Å². The molecule has 0 unspecified atom stereocenters. The molecule has 1 aromatic heterocycles. The van der Waals surface area contributed by atoms with E-state index in [-0.39, 0.29) is 18.0 Å². The van der Waals surface area contributed by atoms with Crippen molar-refractivity contribution in [2.45, 2.75) is 26.2 Å². The topological polar surface area (TPSA) is 84.8 Å². The van der Waals surface area contributed by atoms with Crippen LogP contribution in [0.5, 0.6) is 0 Å². The summed E-state index contributed by atoms with van der Waals surface area (Å²) >= 11 is 0. The standard InChI is InChI=1S/C9H12N4O2/c1-6(2)8-9(13(14)15)7(4-5-10)12(3)11-8/h6H,4H2,1-3H3. The van der Waals surface area contributed by atoms with Gasteiger partial charge in [-0.3, -0.25) is 14.8 Å². The molecule has 1 heterocycles. The molecule has 0 aromatic carbocycles. The molecule has 0 atom stereocenters. The van der Waals surface area contributed by atoms with Gasteiger partial charge in [-0.1, -0.05) is 13.8 Å². The Hall–Kier alpha value is -1.90. The van der Waals surface area contributed by atoms with Crippen LogP contribution in [0, 0.1) is 21.4 Å². The minimum atomic E-state index is -0.463. The zero-order chi connectivity index (χ0) is 11.6. The minimum absolute atomic E-state index is 0.00648. The van der Waals surface area contributed by atoms with Gasteiger partial charge < -0.3 is 0 Å². The molecular formula is C9H12N4O2. The molecule has 0 fully saturated rings. The van der Waals surface area contributed by atoms with Crippen molar-refractivity contribution in [1.29, 1.82) is 5.26 Å². The van der Waals surface area contributed by atoms with Gasteiger partial charge in [-0.25, -0.2) is 0 Å². The van der Waals surface area contributed by atoms with E-state index in [9.17, 15) is 10.1 Å². The first-order valence-corrected chi connectivity index (χ1v) is 4.56. The van der Waals surface area contributed by atoms with Crippen LogP contribution in [0.25, 0.3) is 0 Å². The van der Waals surface area contributed by atoms with Gasteiger partial charge in [0.2, 0.25) is 0 Å². The second-order valence-corrected chi connectivity index (χ2v) is 3.55. The Morgan fingerprint density at radius 3 is 2.67 bits per heavy atom. The monoisotopic (exact) mass is 208 g/mol. The summed E-state index contributed by atoms with van der Waals surface area (Å²) < 4.78 is 1.41. The van der Waals surface area contributed by atoms with Crippen molar-refractivity contribution in [2.24, 2.45) is 7.05 Å². The van der Waals surface area contributed by atoms with E-state index < -0.39 is 4.92 Å². The Morgan fingerprint density at radius 1 is 1.67 bits per heavy atom. The first kappa shape index (κ1) is 11.2. The van der Waals surface area contributed by atoms with Crippen LogP contribution >= 0.6 is 0 Å². The van der Waals surface area contributed by atoms with Gasteiger partial charge in [0.25, 0.3) is 0 Å². The maximum atomic E-state index is 10.9. The zero-order valence-corrected chi connectivity index (χ0v) is 8.89. The van der Waals surface area contributed by atoms with Crippen molar-refractivity contribution < 1.29 is 4.92 Å². The van der Waals surface area contributed by atoms with Gasteiger partial charge in [0.15, 0.2) is 0 Å². The van der Waals surface area contributed by atoms with E-state index in [1.54, 1.807) is 7.05 Å². The number of hydrogen-bond donors (Lipinski definition) is 0. The van der Waals surface area contributed by atoms with E-state index in [2.05, 4.69) is 5.10 Å².